The largest absolute Gasteiger partial charge is 0.453 e. The first-order chi connectivity index (χ1) is 8.03. The number of ether oxygens (including phenoxy) is 2. The minimum Gasteiger partial charge on any atom is -0.453 e. The van der Waals surface area contributed by atoms with Gasteiger partial charge >= 0.3 is 11.8 Å². The van der Waals surface area contributed by atoms with E-state index in [0.717, 1.165) is 5.56 Å². The summed E-state index contributed by atoms with van der Waals surface area (Å²) in [5.41, 5.74) is 1.16. The lowest BCUT2D eigenvalue weighted by Gasteiger charge is -2.21. The summed E-state index contributed by atoms with van der Waals surface area (Å²) in [4.78, 5) is 23.0. The highest BCUT2D eigenvalue weighted by molar-refractivity contribution is 6.25. The fourth-order valence-electron chi connectivity index (χ4n) is 1.68. The zero-order chi connectivity index (χ0) is 12.5. The van der Waals surface area contributed by atoms with E-state index in [1.54, 1.807) is 12.1 Å². The molecule has 1 atom stereocenters. The third-order valence-corrected chi connectivity index (χ3v) is 2.48. The van der Waals surface area contributed by atoms with Crippen LogP contribution in [-0.4, -0.2) is 17.5 Å². The molecule has 0 bridgehead atoms. The zero-order valence-corrected chi connectivity index (χ0v) is 9.60. The van der Waals surface area contributed by atoms with E-state index < -0.39 is 11.8 Å². The summed E-state index contributed by atoms with van der Waals surface area (Å²) in [6.45, 7) is 2.67. The lowest BCUT2D eigenvalue weighted by Crippen LogP contribution is -2.38. The average molecular weight is 232 g/mol. The smallest absolute Gasteiger partial charge is 0.315 e. The quantitative estimate of drug-likeness (QED) is 0.731. The predicted octanol–water partition coefficient (Wildman–Crippen LogP) is 1.91. The summed E-state index contributed by atoms with van der Waals surface area (Å²) in [5.74, 6) is -2.43. The maximum atomic E-state index is 12.1. The molecule has 0 N–H and O–H groups in total. The van der Waals surface area contributed by atoms with Crippen molar-refractivity contribution in [2.75, 3.05) is 0 Å². The van der Waals surface area contributed by atoms with Crippen molar-refractivity contribution >= 4 is 17.3 Å². The van der Waals surface area contributed by atoms with Gasteiger partial charge in [0, 0.05) is 13.8 Å². The molecule has 1 unspecified atom stereocenters. The van der Waals surface area contributed by atoms with Gasteiger partial charge in [-0.25, -0.2) is 0 Å². The molecule has 88 valence electrons. The molecular weight excluding hydrogens is 220 g/mol. The zero-order valence-electron chi connectivity index (χ0n) is 9.60. The number of carbonyl (C=O) groups excluding carboxylic acids is 2. The Kier molecular flexibility index (Phi) is 2.71. The van der Waals surface area contributed by atoms with Crippen molar-refractivity contribution in [1.29, 1.82) is 0 Å². The Labute approximate surface area is 98.8 Å². The summed E-state index contributed by atoms with van der Waals surface area (Å²) in [7, 11) is 0. The Balaban J connectivity index is 2.26. The molecule has 1 aliphatic heterocycles. The third-order valence-electron chi connectivity index (χ3n) is 2.48. The van der Waals surface area contributed by atoms with Crippen LogP contribution in [0.4, 0.5) is 0 Å². The molecule has 0 amide bonds. The van der Waals surface area contributed by atoms with Gasteiger partial charge in [-0.15, -0.1) is 0 Å². The molecule has 0 saturated carbocycles. The lowest BCUT2D eigenvalue weighted by atomic mass is 10.0. The highest BCUT2D eigenvalue weighted by atomic mass is 16.7. The van der Waals surface area contributed by atoms with Crippen molar-refractivity contribution in [1.82, 2.24) is 0 Å². The topological polar surface area (TPSA) is 52.6 Å². The first-order valence-electron chi connectivity index (χ1n) is 5.21. The van der Waals surface area contributed by atoms with Crippen LogP contribution in [0.15, 0.2) is 36.6 Å². The Morgan fingerprint density at radius 1 is 1.29 bits per heavy atom. The lowest BCUT2D eigenvalue weighted by molar-refractivity contribution is -0.196. The number of hydrogen-bond donors (Lipinski definition) is 0. The second kappa shape index (κ2) is 4.05. The van der Waals surface area contributed by atoms with E-state index in [0.29, 0.717) is 5.57 Å². The Hall–Kier alpha value is -2.10. The minimum atomic E-state index is -1.53. The maximum absolute atomic E-state index is 12.1. The van der Waals surface area contributed by atoms with E-state index in [-0.39, 0.29) is 5.78 Å². The van der Waals surface area contributed by atoms with E-state index in [1.807, 2.05) is 18.2 Å². The van der Waals surface area contributed by atoms with E-state index in [4.69, 9.17) is 9.47 Å². The molecule has 1 aromatic carbocycles. The summed E-state index contributed by atoms with van der Waals surface area (Å²) >= 11 is 0. The molecule has 1 aromatic rings. The van der Waals surface area contributed by atoms with Gasteiger partial charge in [-0.2, -0.15) is 0 Å². The van der Waals surface area contributed by atoms with Gasteiger partial charge in [0.2, 0.25) is 5.78 Å². The number of ketones is 1. The van der Waals surface area contributed by atoms with Crippen LogP contribution in [0.1, 0.15) is 19.4 Å². The SMILES string of the molecule is CC(=O)OC1(C)OC=C(c2ccccc2)C1=O. The summed E-state index contributed by atoms with van der Waals surface area (Å²) in [5, 5.41) is 0. The summed E-state index contributed by atoms with van der Waals surface area (Å²) in [6.07, 6.45) is 1.33. The van der Waals surface area contributed by atoms with Gasteiger partial charge in [-0.1, -0.05) is 30.3 Å². The number of esters is 1. The van der Waals surface area contributed by atoms with Gasteiger partial charge in [0.25, 0.3) is 0 Å². The molecule has 0 spiro atoms. The fraction of sp³-hybridized carbons (Fsp3) is 0.231. The number of Topliss-reactive ketones (excluding diaryl/α,β-unsaturated/α-hetero) is 1. The molecule has 1 aliphatic rings. The van der Waals surface area contributed by atoms with E-state index in [1.165, 1.54) is 20.1 Å². The van der Waals surface area contributed by atoms with Crippen molar-refractivity contribution in [3.63, 3.8) is 0 Å². The van der Waals surface area contributed by atoms with Crippen LogP contribution in [0.25, 0.3) is 5.57 Å². The molecular formula is C13H12O4. The third kappa shape index (κ3) is 2.06. The Bertz CT molecular complexity index is 489. The molecule has 17 heavy (non-hydrogen) atoms. The average Bonchev–Trinajstić information content (AvgIpc) is 2.56. The Morgan fingerprint density at radius 3 is 2.53 bits per heavy atom. The fourth-order valence-corrected chi connectivity index (χ4v) is 1.68. The monoisotopic (exact) mass is 232 g/mol. The van der Waals surface area contributed by atoms with Gasteiger partial charge in [0.1, 0.15) is 6.26 Å². The van der Waals surface area contributed by atoms with E-state index in [9.17, 15) is 9.59 Å². The first kappa shape index (κ1) is 11.4. The molecule has 0 saturated heterocycles. The predicted molar refractivity (Wildman–Crippen MR) is 60.7 cm³/mol. The highest BCUT2D eigenvalue weighted by Gasteiger charge is 2.45. The highest BCUT2D eigenvalue weighted by Crippen LogP contribution is 2.32. The standard InChI is InChI=1S/C13H12O4/c1-9(14)17-13(2)12(15)11(8-16-13)10-6-4-3-5-7-10/h3-8H,1-2H3. The number of hydrogen-bond acceptors (Lipinski definition) is 4. The first-order valence-corrected chi connectivity index (χ1v) is 5.21. The molecule has 0 aromatic heterocycles. The summed E-state index contributed by atoms with van der Waals surface area (Å²) < 4.78 is 10.1. The van der Waals surface area contributed by atoms with Crippen LogP contribution in [-0.2, 0) is 19.1 Å². The minimum absolute atomic E-state index is 0.348. The van der Waals surface area contributed by atoms with Crippen LogP contribution >= 0.6 is 0 Å². The van der Waals surface area contributed by atoms with Gasteiger partial charge < -0.3 is 9.47 Å². The van der Waals surface area contributed by atoms with Gasteiger partial charge in [0.15, 0.2) is 0 Å². The van der Waals surface area contributed by atoms with Crippen LogP contribution in [0.3, 0.4) is 0 Å². The van der Waals surface area contributed by atoms with E-state index >= 15 is 0 Å². The molecule has 1 heterocycles. The molecule has 0 radical (unpaired) electrons. The normalized spacial score (nSPS) is 22.9. The molecule has 0 aliphatic carbocycles. The van der Waals surface area contributed by atoms with Crippen LogP contribution in [0.5, 0.6) is 0 Å². The second-order valence-corrected chi connectivity index (χ2v) is 3.88. The van der Waals surface area contributed by atoms with Crippen molar-refractivity contribution in [2.45, 2.75) is 19.6 Å². The van der Waals surface area contributed by atoms with Gasteiger partial charge in [-0.3, -0.25) is 9.59 Å². The maximum Gasteiger partial charge on any atom is 0.315 e. The molecule has 4 nitrogen and oxygen atoms in total. The Morgan fingerprint density at radius 2 is 1.94 bits per heavy atom. The number of carbonyl (C=O) groups is 2. The van der Waals surface area contributed by atoms with Crippen molar-refractivity contribution in [3.05, 3.63) is 42.2 Å². The van der Waals surface area contributed by atoms with Gasteiger partial charge in [-0.05, 0) is 5.56 Å². The number of benzene rings is 1. The summed E-state index contributed by atoms with van der Waals surface area (Å²) in [6, 6.07) is 9.10. The van der Waals surface area contributed by atoms with Crippen molar-refractivity contribution in [2.24, 2.45) is 0 Å². The van der Waals surface area contributed by atoms with E-state index in [2.05, 4.69) is 0 Å². The van der Waals surface area contributed by atoms with Gasteiger partial charge in [0.05, 0.1) is 5.57 Å². The van der Waals surface area contributed by atoms with Crippen LogP contribution in [0.2, 0.25) is 0 Å². The molecule has 0 fully saturated rings. The van der Waals surface area contributed by atoms with Crippen molar-refractivity contribution < 1.29 is 19.1 Å². The molecule has 2 rings (SSSR count). The van der Waals surface area contributed by atoms with Crippen molar-refractivity contribution in [3.8, 4) is 0 Å². The van der Waals surface area contributed by atoms with Crippen LogP contribution in [0, 0.1) is 0 Å². The second-order valence-electron chi connectivity index (χ2n) is 3.88. The van der Waals surface area contributed by atoms with Crippen LogP contribution < -0.4 is 0 Å². The number of rotatable bonds is 2. The molecule has 4 heteroatoms.